The molecule has 1 aromatic rings. The molecule has 2 aliphatic rings. The Morgan fingerprint density at radius 3 is 2.95 bits per heavy atom. The number of hydrogen-bond donors (Lipinski definition) is 1. The molecule has 1 aromatic carbocycles. The van der Waals surface area contributed by atoms with Crippen molar-refractivity contribution in [3.63, 3.8) is 0 Å². The zero-order valence-electron chi connectivity index (χ0n) is 12.8. The number of nitrogens with two attached hydrogens (primary N) is 1. The first-order valence-electron chi connectivity index (χ1n) is 7.70. The standard InChI is InChI=1S/C17H24FNOS/c1-12-3-4-13(9-15(12)18)16(2,19)14-5-7-20-17(10-14)6-8-21-11-17/h3-4,9,14H,5-8,10-11,19H2,1-2H3. The van der Waals surface area contributed by atoms with Crippen molar-refractivity contribution in [1.82, 2.24) is 0 Å². The molecule has 3 unspecified atom stereocenters. The van der Waals surface area contributed by atoms with Crippen LogP contribution in [0.2, 0.25) is 0 Å². The Bertz CT molecular complexity index is 526. The third kappa shape index (κ3) is 2.86. The van der Waals surface area contributed by atoms with E-state index in [-0.39, 0.29) is 11.4 Å². The summed E-state index contributed by atoms with van der Waals surface area (Å²) in [6.07, 6.45) is 3.06. The molecule has 1 spiro atoms. The van der Waals surface area contributed by atoms with Crippen molar-refractivity contribution in [2.24, 2.45) is 11.7 Å². The van der Waals surface area contributed by atoms with Gasteiger partial charge in [0.15, 0.2) is 0 Å². The van der Waals surface area contributed by atoms with Gasteiger partial charge in [-0.3, -0.25) is 0 Å². The topological polar surface area (TPSA) is 35.2 Å². The number of thioether (sulfide) groups is 1. The number of benzene rings is 1. The van der Waals surface area contributed by atoms with Crippen LogP contribution < -0.4 is 5.73 Å². The molecule has 2 N–H and O–H groups in total. The first-order valence-corrected chi connectivity index (χ1v) is 8.86. The lowest BCUT2D eigenvalue weighted by molar-refractivity contribution is -0.0917. The third-order valence-corrected chi connectivity index (χ3v) is 6.43. The van der Waals surface area contributed by atoms with E-state index in [1.54, 1.807) is 13.0 Å². The second-order valence-electron chi connectivity index (χ2n) is 6.77. The average Bonchev–Trinajstić information content (AvgIpc) is 2.89. The fourth-order valence-electron chi connectivity index (χ4n) is 3.57. The van der Waals surface area contributed by atoms with Gasteiger partial charge in [0.05, 0.1) is 5.60 Å². The van der Waals surface area contributed by atoms with Gasteiger partial charge >= 0.3 is 0 Å². The van der Waals surface area contributed by atoms with Gasteiger partial charge in [0.2, 0.25) is 0 Å². The van der Waals surface area contributed by atoms with Gasteiger partial charge in [0.1, 0.15) is 5.82 Å². The Labute approximate surface area is 130 Å². The fraction of sp³-hybridized carbons (Fsp3) is 0.647. The second kappa shape index (κ2) is 5.56. The highest BCUT2D eigenvalue weighted by Gasteiger charge is 2.45. The van der Waals surface area contributed by atoms with Crippen LogP contribution in [0.15, 0.2) is 18.2 Å². The highest BCUT2D eigenvalue weighted by atomic mass is 32.2. The van der Waals surface area contributed by atoms with Crippen LogP contribution in [0.5, 0.6) is 0 Å². The average molecular weight is 309 g/mol. The van der Waals surface area contributed by atoms with Crippen molar-refractivity contribution in [2.45, 2.75) is 44.2 Å². The quantitative estimate of drug-likeness (QED) is 0.906. The third-order valence-electron chi connectivity index (χ3n) is 5.20. The molecule has 0 radical (unpaired) electrons. The van der Waals surface area contributed by atoms with Crippen molar-refractivity contribution < 1.29 is 9.13 Å². The highest BCUT2D eigenvalue weighted by Crippen LogP contribution is 2.45. The van der Waals surface area contributed by atoms with E-state index in [4.69, 9.17) is 10.5 Å². The lowest BCUT2D eigenvalue weighted by Crippen LogP contribution is -2.50. The predicted octanol–water partition coefficient (Wildman–Crippen LogP) is 3.61. The molecule has 4 heteroatoms. The molecule has 0 aliphatic carbocycles. The molecule has 21 heavy (non-hydrogen) atoms. The minimum absolute atomic E-state index is 0.0114. The summed E-state index contributed by atoms with van der Waals surface area (Å²) in [6.45, 7) is 4.60. The van der Waals surface area contributed by atoms with Gasteiger partial charge in [-0.25, -0.2) is 4.39 Å². The van der Waals surface area contributed by atoms with E-state index >= 15 is 0 Å². The monoisotopic (exact) mass is 309 g/mol. The molecule has 3 rings (SSSR count). The molecule has 116 valence electrons. The molecular formula is C17H24FNOS. The maximum atomic E-state index is 13.9. The first kappa shape index (κ1) is 15.3. The normalized spacial score (nSPS) is 32.3. The minimum Gasteiger partial charge on any atom is -0.374 e. The van der Waals surface area contributed by atoms with E-state index < -0.39 is 5.54 Å². The molecule has 0 amide bonds. The summed E-state index contributed by atoms with van der Waals surface area (Å²) in [6, 6.07) is 5.42. The molecule has 2 saturated heterocycles. The molecule has 0 aromatic heterocycles. The fourth-order valence-corrected chi connectivity index (χ4v) is 4.94. The van der Waals surface area contributed by atoms with Gasteiger partial charge in [0, 0.05) is 17.9 Å². The number of aryl methyl sites for hydroxylation is 1. The van der Waals surface area contributed by atoms with Gasteiger partial charge in [-0.1, -0.05) is 12.1 Å². The minimum atomic E-state index is -0.501. The summed E-state index contributed by atoms with van der Waals surface area (Å²) in [4.78, 5) is 0. The van der Waals surface area contributed by atoms with E-state index in [1.165, 1.54) is 5.75 Å². The summed E-state index contributed by atoms with van der Waals surface area (Å²) in [5.41, 5.74) is 7.74. The molecule has 0 bridgehead atoms. The van der Waals surface area contributed by atoms with Crippen LogP contribution in [-0.2, 0) is 10.3 Å². The highest BCUT2D eigenvalue weighted by molar-refractivity contribution is 7.99. The van der Waals surface area contributed by atoms with Gasteiger partial charge in [0.25, 0.3) is 0 Å². The van der Waals surface area contributed by atoms with Crippen LogP contribution in [0, 0.1) is 18.7 Å². The predicted molar refractivity (Wildman–Crippen MR) is 86.0 cm³/mol. The molecular weight excluding hydrogens is 285 g/mol. The van der Waals surface area contributed by atoms with E-state index in [2.05, 4.69) is 0 Å². The SMILES string of the molecule is Cc1ccc(C(C)(N)C2CCOC3(CCSC3)C2)cc1F. The van der Waals surface area contributed by atoms with Gasteiger partial charge in [-0.2, -0.15) is 11.8 Å². The zero-order chi connectivity index (χ0) is 15.1. The summed E-state index contributed by atoms with van der Waals surface area (Å²) in [7, 11) is 0. The van der Waals surface area contributed by atoms with Crippen LogP contribution in [0.1, 0.15) is 37.3 Å². The number of hydrogen-bond acceptors (Lipinski definition) is 3. The maximum Gasteiger partial charge on any atom is 0.126 e. The van der Waals surface area contributed by atoms with E-state index in [0.717, 1.165) is 37.2 Å². The molecule has 2 aliphatic heterocycles. The van der Waals surface area contributed by atoms with E-state index in [9.17, 15) is 4.39 Å². The number of rotatable bonds is 2. The second-order valence-corrected chi connectivity index (χ2v) is 7.88. The van der Waals surface area contributed by atoms with Crippen LogP contribution in [-0.4, -0.2) is 23.7 Å². The molecule has 2 fully saturated rings. The van der Waals surface area contributed by atoms with Crippen LogP contribution >= 0.6 is 11.8 Å². The largest absolute Gasteiger partial charge is 0.374 e. The Hall–Kier alpha value is -0.580. The summed E-state index contributed by atoms with van der Waals surface area (Å²) >= 11 is 1.97. The lowest BCUT2D eigenvalue weighted by Gasteiger charge is -2.44. The van der Waals surface area contributed by atoms with Gasteiger partial charge in [-0.15, -0.1) is 0 Å². The molecule has 0 saturated carbocycles. The van der Waals surface area contributed by atoms with E-state index in [0.29, 0.717) is 11.5 Å². The van der Waals surface area contributed by atoms with E-state index in [1.807, 2.05) is 30.8 Å². The smallest absolute Gasteiger partial charge is 0.126 e. The van der Waals surface area contributed by atoms with Crippen molar-refractivity contribution in [1.29, 1.82) is 0 Å². The van der Waals surface area contributed by atoms with Crippen molar-refractivity contribution in [2.75, 3.05) is 18.1 Å². The Morgan fingerprint density at radius 2 is 2.29 bits per heavy atom. The lowest BCUT2D eigenvalue weighted by atomic mass is 9.71. The number of ether oxygens (including phenoxy) is 1. The van der Waals surface area contributed by atoms with Crippen molar-refractivity contribution in [3.05, 3.63) is 35.1 Å². The van der Waals surface area contributed by atoms with Crippen LogP contribution in [0.4, 0.5) is 4.39 Å². The Balaban J connectivity index is 1.84. The van der Waals surface area contributed by atoms with Gasteiger partial charge < -0.3 is 10.5 Å². The summed E-state index contributed by atoms with van der Waals surface area (Å²) < 4.78 is 20.0. The summed E-state index contributed by atoms with van der Waals surface area (Å²) in [5, 5.41) is 0. The maximum absolute atomic E-state index is 13.9. The zero-order valence-corrected chi connectivity index (χ0v) is 13.6. The number of halogens is 1. The molecule has 2 heterocycles. The molecule has 3 atom stereocenters. The van der Waals surface area contributed by atoms with Crippen molar-refractivity contribution >= 4 is 11.8 Å². The Kier molecular flexibility index (Phi) is 4.06. The first-order chi connectivity index (χ1) is 9.93. The van der Waals surface area contributed by atoms with Crippen LogP contribution in [0.3, 0.4) is 0 Å². The van der Waals surface area contributed by atoms with Crippen molar-refractivity contribution in [3.8, 4) is 0 Å². The van der Waals surface area contributed by atoms with Crippen LogP contribution in [0.25, 0.3) is 0 Å². The summed E-state index contributed by atoms with van der Waals surface area (Å²) in [5.74, 6) is 2.42. The Morgan fingerprint density at radius 1 is 1.48 bits per heavy atom. The molecule has 2 nitrogen and oxygen atoms in total. The van der Waals surface area contributed by atoms with Gasteiger partial charge in [-0.05, 0) is 62.0 Å².